The molecule has 0 amide bonds. The zero-order chi connectivity index (χ0) is 21.9. The molecule has 0 atom stereocenters. The van der Waals surface area contributed by atoms with Gasteiger partial charge in [-0.3, -0.25) is 4.55 Å². The van der Waals surface area contributed by atoms with Gasteiger partial charge in [0.15, 0.2) is 23.0 Å². The second kappa shape index (κ2) is 8.78. The molecule has 11 heteroatoms. The van der Waals surface area contributed by atoms with E-state index >= 15 is 0 Å². The summed E-state index contributed by atoms with van der Waals surface area (Å²) >= 11 is 1.24. The van der Waals surface area contributed by atoms with Crippen LogP contribution in [0.4, 0.5) is 0 Å². The van der Waals surface area contributed by atoms with E-state index < -0.39 is 10.4 Å². The Balaban J connectivity index is 2.02. The Morgan fingerprint density at radius 1 is 0.800 bits per heavy atom. The van der Waals surface area contributed by atoms with E-state index in [1.807, 2.05) is 6.07 Å². The molecular weight excluding hydrogens is 434 g/mol. The SMILES string of the molecule is COc1ccc(-c2cc(-c3cc(OC)c(OC)c(OC)c3)sn2)cc1OS(=O)(=O)O. The summed E-state index contributed by atoms with van der Waals surface area (Å²) in [6.07, 6.45) is 0. The van der Waals surface area contributed by atoms with E-state index in [1.165, 1.54) is 52.1 Å². The second-order valence-corrected chi connectivity index (χ2v) is 7.69. The molecular formula is C19H19NO8S2. The molecule has 0 unspecified atom stereocenters. The monoisotopic (exact) mass is 453 g/mol. The quantitative estimate of drug-likeness (QED) is 0.510. The molecule has 0 aliphatic rings. The number of rotatable bonds is 8. The van der Waals surface area contributed by atoms with Crippen LogP contribution in [0.2, 0.25) is 0 Å². The third-order valence-electron chi connectivity index (χ3n) is 4.11. The molecule has 0 aliphatic carbocycles. The minimum absolute atomic E-state index is 0.149. The Hall–Kier alpha value is -3.02. The van der Waals surface area contributed by atoms with Crippen molar-refractivity contribution in [1.82, 2.24) is 4.37 Å². The Morgan fingerprint density at radius 3 is 1.93 bits per heavy atom. The highest BCUT2D eigenvalue weighted by Crippen LogP contribution is 2.43. The number of hydrogen-bond donors (Lipinski definition) is 1. The van der Waals surface area contributed by atoms with Crippen molar-refractivity contribution in [2.75, 3.05) is 28.4 Å². The summed E-state index contributed by atoms with van der Waals surface area (Å²) in [6.45, 7) is 0. The molecule has 0 spiro atoms. The van der Waals surface area contributed by atoms with E-state index in [0.717, 1.165) is 10.4 Å². The summed E-state index contributed by atoms with van der Waals surface area (Å²) in [5.74, 6) is 1.50. The van der Waals surface area contributed by atoms with Crippen LogP contribution in [0.15, 0.2) is 36.4 Å². The van der Waals surface area contributed by atoms with Crippen molar-refractivity contribution in [2.45, 2.75) is 0 Å². The number of methoxy groups -OCH3 is 4. The smallest absolute Gasteiger partial charge is 0.446 e. The highest BCUT2D eigenvalue weighted by Gasteiger charge is 2.18. The molecule has 3 rings (SSSR count). The first-order chi connectivity index (χ1) is 14.3. The van der Waals surface area contributed by atoms with Crippen molar-refractivity contribution in [3.8, 4) is 50.4 Å². The standard InChI is InChI=1S/C19H19NO8S2/c1-24-14-6-5-11(7-15(14)28-30(21,22)23)13-10-18(29-20-13)12-8-16(25-2)19(27-4)17(9-12)26-3/h5-10H,1-4H3,(H,21,22,23). The van der Waals surface area contributed by atoms with Crippen LogP contribution in [0, 0.1) is 0 Å². The molecule has 0 bridgehead atoms. The van der Waals surface area contributed by atoms with Crippen molar-refractivity contribution >= 4 is 21.9 Å². The van der Waals surface area contributed by atoms with Crippen LogP contribution < -0.4 is 23.1 Å². The normalized spacial score (nSPS) is 11.1. The predicted octanol–water partition coefficient (Wildman–Crippen LogP) is 3.69. The van der Waals surface area contributed by atoms with Gasteiger partial charge in [0.05, 0.1) is 39.0 Å². The molecule has 1 heterocycles. The lowest BCUT2D eigenvalue weighted by atomic mass is 10.1. The van der Waals surface area contributed by atoms with Gasteiger partial charge in [0, 0.05) is 11.1 Å². The topological polar surface area (TPSA) is 113 Å². The van der Waals surface area contributed by atoms with Gasteiger partial charge in [0.25, 0.3) is 0 Å². The maximum absolute atomic E-state index is 11.1. The fourth-order valence-electron chi connectivity index (χ4n) is 2.79. The van der Waals surface area contributed by atoms with E-state index in [1.54, 1.807) is 18.2 Å². The zero-order valence-electron chi connectivity index (χ0n) is 16.5. The van der Waals surface area contributed by atoms with Crippen molar-refractivity contribution in [2.24, 2.45) is 0 Å². The van der Waals surface area contributed by atoms with Gasteiger partial charge in [-0.1, -0.05) is 0 Å². The Labute approximate surface area is 177 Å². The summed E-state index contributed by atoms with van der Waals surface area (Å²) in [6, 6.07) is 10.1. The second-order valence-electron chi connectivity index (χ2n) is 5.87. The maximum Gasteiger partial charge on any atom is 0.446 e. The molecule has 9 nitrogen and oxygen atoms in total. The molecule has 0 saturated heterocycles. The van der Waals surface area contributed by atoms with E-state index in [0.29, 0.717) is 28.5 Å². The predicted molar refractivity (Wildman–Crippen MR) is 111 cm³/mol. The van der Waals surface area contributed by atoms with Crippen LogP contribution in [0.5, 0.6) is 28.7 Å². The third-order valence-corrected chi connectivity index (χ3v) is 5.34. The maximum atomic E-state index is 11.1. The Kier molecular flexibility index (Phi) is 6.34. The molecule has 3 aromatic rings. The Bertz CT molecular complexity index is 1130. The lowest BCUT2D eigenvalue weighted by molar-refractivity contribution is 0.324. The summed E-state index contributed by atoms with van der Waals surface area (Å²) < 4.78 is 61.4. The highest BCUT2D eigenvalue weighted by molar-refractivity contribution is 7.81. The molecule has 0 aliphatic heterocycles. The fraction of sp³-hybridized carbons (Fsp3) is 0.211. The minimum Gasteiger partial charge on any atom is -0.493 e. The molecule has 0 saturated carbocycles. The Morgan fingerprint density at radius 2 is 1.40 bits per heavy atom. The molecule has 30 heavy (non-hydrogen) atoms. The number of benzene rings is 2. The summed E-state index contributed by atoms with van der Waals surface area (Å²) in [5.41, 5.74) is 1.95. The van der Waals surface area contributed by atoms with Gasteiger partial charge in [-0.05, 0) is 47.9 Å². The van der Waals surface area contributed by atoms with Crippen molar-refractivity contribution in [1.29, 1.82) is 0 Å². The van der Waals surface area contributed by atoms with Gasteiger partial charge in [-0.25, -0.2) is 0 Å². The zero-order valence-corrected chi connectivity index (χ0v) is 18.2. The van der Waals surface area contributed by atoms with Crippen LogP contribution in [-0.2, 0) is 10.4 Å². The fourth-order valence-corrected chi connectivity index (χ4v) is 3.88. The summed E-state index contributed by atoms with van der Waals surface area (Å²) in [5, 5.41) is 0. The van der Waals surface area contributed by atoms with Gasteiger partial charge >= 0.3 is 10.4 Å². The molecule has 160 valence electrons. The van der Waals surface area contributed by atoms with Crippen molar-refractivity contribution in [3.63, 3.8) is 0 Å². The van der Waals surface area contributed by atoms with Crippen LogP contribution in [0.1, 0.15) is 0 Å². The highest BCUT2D eigenvalue weighted by atomic mass is 32.3. The van der Waals surface area contributed by atoms with Gasteiger partial charge < -0.3 is 23.1 Å². The van der Waals surface area contributed by atoms with Gasteiger partial charge in [-0.15, -0.1) is 0 Å². The minimum atomic E-state index is -4.71. The van der Waals surface area contributed by atoms with Gasteiger partial charge in [-0.2, -0.15) is 12.8 Å². The molecule has 2 aromatic carbocycles. The van der Waals surface area contributed by atoms with Crippen LogP contribution in [0.3, 0.4) is 0 Å². The number of ether oxygens (including phenoxy) is 4. The number of aromatic nitrogens is 1. The first kappa shape index (κ1) is 21.7. The van der Waals surface area contributed by atoms with E-state index in [-0.39, 0.29) is 11.5 Å². The van der Waals surface area contributed by atoms with E-state index in [9.17, 15) is 8.42 Å². The third kappa shape index (κ3) is 4.58. The van der Waals surface area contributed by atoms with Gasteiger partial charge in [0.2, 0.25) is 5.75 Å². The number of nitrogens with zero attached hydrogens (tertiary/aromatic N) is 1. The first-order valence-corrected chi connectivity index (χ1v) is 10.6. The summed E-state index contributed by atoms with van der Waals surface area (Å²) in [7, 11) is 1.25. The average molecular weight is 453 g/mol. The van der Waals surface area contributed by atoms with Crippen LogP contribution in [-0.4, -0.2) is 45.8 Å². The molecule has 0 radical (unpaired) electrons. The first-order valence-electron chi connectivity index (χ1n) is 8.42. The summed E-state index contributed by atoms with van der Waals surface area (Å²) in [4.78, 5) is 0.817. The lowest BCUT2D eigenvalue weighted by Gasteiger charge is -2.13. The van der Waals surface area contributed by atoms with Crippen molar-refractivity contribution in [3.05, 3.63) is 36.4 Å². The van der Waals surface area contributed by atoms with Crippen LogP contribution in [0.25, 0.3) is 21.7 Å². The average Bonchev–Trinajstić information content (AvgIpc) is 3.21. The number of hydrogen-bond acceptors (Lipinski definition) is 9. The molecule has 0 fully saturated rings. The van der Waals surface area contributed by atoms with Crippen LogP contribution >= 0.6 is 11.5 Å². The van der Waals surface area contributed by atoms with E-state index in [4.69, 9.17) is 23.5 Å². The largest absolute Gasteiger partial charge is 0.493 e. The lowest BCUT2D eigenvalue weighted by Crippen LogP contribution is -2.07. The van der Waals surface area contributed by atoms with Gasteiger partial charge in [0.1, 0.15) is 0 Å². The van der Waals surface area contributed by atoms with E-state index in [2.05, 4.69) is 8.56 Å². The molecule has 1 N–H and O–H groups in total. The van der Waals surface area contributed by atoms with Crippen molar-refractivity contribution < 1.29 is 36.1 Å². The molecule has 1 aromatic heterocycles.